The molecule has 0 saturated carbocycles. The van der Waals surface area contributed by atoms with Crippen LogP contribution in [0.25, 0.3) is 0 Å². The van der Waals surface area contributed by atoms with Gasteiger partial charge in [0.05, 0.1) is 7.11 Å². The van der Waals surface area contributed by atoms with Crippen molar-refractivity contribution in [3.8, 4) is 11.5 Å². The van der Waals surface area contributed by atoms with Crippen molar-refractivity contribution in [2.24, 2.45) is 4.99 Å². The number of benzene rings is 2. The van der Waals surface area contributed by atoms with E-state index in [1.807, 2.05) is 6.07 Å². The molecule has 0 fully saturated rings. The Morgan fingerprint density at radius 3 is 2.58 bits per heavy atom. The lowest BCUT2D eigenvalue weighted by Crippen LogP contribution is -2.36. The van der Waals surface area contributed by atoms with Crippen LogP contribution in [0.1, 0.15) is 11.1 Å². The molecule has 2 rings (SSSR count). The van der Waals surface area contributed by atoms with Gasteiger partial charge in [-0.25, -0.2) is 4.39 Å². The average Bonchev–Trinajstić information content (AvgIpc) is 2.56. The van der Waals surface area contributed by atoms with Crippen LogP contribution in [0.5, 0.6) is 11.5 Å². The summed E-state index contributed by atoms with van der Waals surface area (Å²) in [7, 11) is 3.22. The minimum Gasteiger partial charge on any atom is -0.508 e. The lowest BCUT2D eigenvalue weighted by atomic mass is 10.2. The van der Waals surface area contributed by atoms with Crippen LogP contribution in [0.2, 0.25) is 0 Å². The molecule has 7 heteroatoms. The van der Waals surface area contributed by atoms with Gasteiger partial charge in [-0.15, -0.1) is 24.0 Å². The van der Waals surface area contributed by atoms with E-state index in [2.05, 4.69) is 15.6 Å². The van der Waals surface area contributed by atoms with Crippen LogP contribution >= 0.6 is 24.0 Å². The molecule has 2 aromatic rings. The maximum atomic E-state index is 13.1. The predicted octanol–water partition coefficient (Wildman–Crippen LogP) is 3.02. The van der Waals surface area contributed by atoms with E-state index >= 15 is 0 Å². The Bertz CT molecular complexity index is 695. The molecule has 0 bridgehead atoms. The van der Waals surface area contributed by atoms with Gasteiger partial charge in [-0.2, -0.15) is 0 Å². The number of aromatic hydroxyl groups is 1. The number of halogens is 2. The third-order valence-electron chi connectivity index (χ3n) is 3.31. The first kappa shape index (κ1) is 20.0. The fourth-order valence-electron chi connectivity index (χ4n) is 2.06. The third kappa shape index (κ3) is 5.88. The van der Waals surface area contributed by atoms with E-state index in [4.69, 9.17) is 4.74 Å². The van der Waals surface area contributed by atoms with Gasteiger partial charge in [-0.1, -0.05) is 12.1 Å². The summed E-state index contributed by atoms with van der Waals surface area (Å²) in [5.74, 6) is 1.13. The lowest BCUT2D eigenvalue weighted by Gasteiger charge is -2.13. The summed E-state index contributed by atoms with van der Waals surface area (Å²) in [5.41, 5.74) is 1.51. The first-order valence-electron chi connectivity index (χ1n) is 7.17. The Balaban J connectivity index is 0.00000288. The molecule has 0 amide bonds. The van der Waals surface area contributed by atoms with Crippen LogP contribution in [0, 0.1) is 5.82 Å². The molecule has 2 aromatic carbocycles. The number of ether oxygens (including phenoxy) is 1. The minimum atomic E-state index is -0.270. The van der Waals surface area contributed by atoms with E-state index < -0.39 is 0 Å². The number of phenols is 1. The van der Waals surface area contributed by atoms with Gasteiger partial charge >= 0.3 is 0 Å². The van der Waals surface area contributed by atoms with Crippen molar-refractivity contribution in [3.05, 3.63) is 59.4 Å². The third-order valence-corrected chi connectivity index (χ3v) is 3.31. The highest BCUT2D eigenvalue weighted by Crippen LogP contribution is 2.22. The first-order valence-corrected chi connectivity index (χ1v) is 7.17. The van der Waals surface area contributed by atoms with Gasteiger partial charge in [-0.3, -0.25) is 4.99 Å². The summed E-state index contributed by atoms with van der Waals surface area (Å²) in [6.07, 6.45) is 0. The van der Waals surface area contributed by atoms with Crippen molar-refractivity contribution < 1.29 is 14.2 Å². The Morgan fingerprint density at radius 1 is 1.17 bits per heavy atom. The highest BCUT2D eigenvalue weighted by atomic mass is 127. The Kier molecular flexibility index (Phi) is 8.31. The van der Waals surface area contributed by atoms with Crippen LogP contribution in [-0.2, 0) is 13.1 Å². The second-order valence-electron chi connectivity index (χ2n) is 4.90. The second kappa shape index (κ2) is 9.96. The zero-order valence-electron chi connectivity index (χ0n) is 13.5. The molecule has 0 spiro atoms. The highest BCUT2D eigenvalue weighted by molar-refractivity contribution is 14.0. The zero-order chi connectivity index (χ0) is 16.7. The highest BCUT2D eigenvalue weighted by Gasteiger charge is 2.05. The van der Waals surface area contributed by atoms with E-state index in [9.17, 15) is 9.50 Å². The number of nitrogens with one attached hydrogen (secondary N) is 2. The van der Waals surface area contributed by atoms with E-state index in [0.717, 1.165) is 5.56 Å². The standard InChI is InChI=1S/C17H20FN3O2.HI/c1-19-17(20-10-12-4-3-5-14(18)8-12)21-11-13-9-15(23-2)6-7-16(13)22;/h3-9,22H,10-11H2,1-2H3,(H2,19,20,21);1H. The van der Waals surface area contributed by atoms with Crippen LogP contribution in [0.4, 0.5) is 4.39 Å². The molecule has 0 heterocycles. The van der Waals surface area contributed by atoms with Crippen molar-refractivity contribution in [1.29, 1.82) is 0 Å². The Hall–Kier alpha value is -2.03. The molecule has 24 heavy (non-hydrogen) atoms. The van der Waals surface area contributed by atoms with E-state index in [-0.39, 0.29) is 35.5 Å². The molecule has 0 aliphatic heterocycles. The van der Waals surface area contributed by atoms with Crippen LogP contribution in [0.3, 0.4) is 0 Å². The van der Waals surface area contributed by atoms with Gasteiger partial charge in [0.25, 0.3) is 0 Å². The van der Waals surface area contributed by atoms with Gasteiger partial charge in [0.1, 0.15) is 17.3 Å². The molecule has 0 saturated heterocycles. The molecule has 0 aromatic heterocycles. The zero-order valence-corrected chi connectivity index (χ0v) is 15.9. The molecular weight excluding hydrogens is 424 g/mol. The number of aliphatic imine (C=N–C) groups is 1. The van der Waals surface area contributed by atoms with Gasteiger partial charge in [0.2, 0.25) is 0 Å². The van der Waals surface area contributed by atoms with E-state index in [0.29, 0.717) is 30.4 Å². The van der Waals surface area contributed by atoms with Crippen LogP contribution in [-0.4, -0.2) is 25.2 Å². The summed E-state index contributed by atoms with van der Waals surface area (Å²) < 4.78 is 18.3. The van der Waals surface area contributed by atoms with Crippen molar-refractivity contribution in [1.82, 2.24) is 10.6 Å². The molecule has 3 N–H and O–H groups in total. The molecule has 0 aliphatic rings. The van der Waals surface area contributed by atoms with Crippen LogP contribution in [0.15, 0.2) is 47.5 Å². The largest absolute Gasteiger partial charge is 0.508 e. The van der Waals surface area contributed by atoms with Crippen molar-refractivity contribution in [2.45, 2.75) is 13.1 Å². The number of nitrogens with zero attached hydrogens (tertiary/aromatic N) is 1. The number of guanidine groups is 1. The van der Waals surface area contributed by atoms with Gasteiger partial charge in [-0.05, 0) is 35.9 Å². The summed E-state index contributed by atoms with van der Waals surface area (Å²) in [4.78, 5) is 4.10. The summed E-state index contributed by atoms with van der Waals surface area (Å²) in [5, 5.41) is 16.0. The lowest BCUT2D eigenvalue weighted by molar-refractivity contribution is 0.410. The topological polar surface area (TPSA) is 65.9 Å². The second-order valence-corrected chi connectivity index (χ2v) is 4.90. The van der Waals surface area contributed by atoms with Crippen molar-refractivity contribution in [3.63, 3.8) is 0 Å². The Labute approximate surface area is 158 Å². The monoisotopic (exact) mass is 445 g/mol. The summed E-state index contributed by atoms with van der Waals surface area (Å²) in [6, 6.07) is 11.4. The molecule has 5 nitrogen and oxygen atoms in total. The average molecular weight is 445 g/mol. The quantitative estimate of drug-likeness (QED) is 0.376. The summed E-state index contributed by atoms with van der Waals surface area (Å²) >= 11 is 0. The van der Waals surface area contributed by atoms with Crippen molar-refractivity contribution in [2.75, 3.05) is 14.2 Å². The van der Waals surface area contributed by atoms with E-state index in [1.54, 1.807) is 38.4 Å². The number of hydrogen-bond acceptors (Lipinski definition) is 3. The summed E-state index contributed by atoms with van der Waals surface area (Å²) in [6.45, 7) is 0.827. The molecule has 130 valence electrons. The molecule has 0 atom stereocenters. The smallest absolute Gasteiger partial charge is 0.191 e. The number of rotatable bonds is 5. The number of methoxy groups -OCH3 is 1. The van der Waals surface area contributed by atoms with Crippen LogP contribution < -0.4 is 15.4 Å². The SMILES string of the molecule is CN=C(NCc1cccc(F)c1)NCc1cc(OC)ccc1O.I. The van der Waals surface area contributed by atoms with Crippen molar-refractivity contribution >= 4 is 29.9 Å². The first-order chi connectivity index (χ1) is 11.1. The molecule has 0 radical (unpaired) electrons. The van der Waals surface area contributed by atoms with Gasteiger partial charge in [0.15, 0.2) is 5.96 Å². The molecule has 0 unspecified atom stereocenters. The normalized spacial score (nSPS) is 10.7. The van der Waals surface area contributed by atoms with Gasteiger partial charge < -0.3 is 20.5 Å². The minimum absolute atomic E-state index is 0. The van der Waals surface area contributed by atoms with E-state index in [1.165, 1.54) is 12.1 Å². The van der Waals surface area contributed by atoms with Gasteiger partial charge in [0, 0.05) is 25.7 Å². The molecular formula is C17H21FIN3O2. The fourth-order valence-corrected chi connectivity index (χ4v) is 2.06. The Morgan fingerprint density at radius 2 is 1.92 bits per heavy atom. The maximum absolute atomic E-state index is 13.1. The fraction of sp³-hybridized carbons (Fsp3) is 0.235. The predicted molar refractivity (Wildman–Crippen MR) is 104 cm³/mol. The number of hydrogen-bond donors (Lipinski definition) is 3. The number of phenolic OH excluding ortho intramolecular Hbond substituents is 1. The molecule has 0 aliphatic carbocycles. The maximum Gasteiger partial charge on any atom is 0.191 e.